The van der Waals surface area contributed by atoms with Crippen molar-refractivity contribution >= 4 is 34.8 Å². The Morgan fingerprint density at radius 3 is 1.29 bits per heavy atom. The van der Waals surface area contributed by atoms with Gasteiger partial charge in [-0.3, -0.25) is 0 Å². The lowest BCUT2D eigenvalue weighted by Gasteiger charge is -1.65. The van der Waals surface area contributed by atoms with Gasteiger partial charge in [-0.2, -0.15) is 0 Å². The summed E-state index contributed by atoms with van der Waals surface area (Å²) in [5.41, 5.74) is 0. The molecule has 0 bridgehead atoms. The fraction of sp³-hybridized carbons (Fsp3) is 1.00. The predicted molar refractivity (Wildman–Crippen MR) is 37.6 cm³/mol. The Morgan fingerprint density at radius 2 is 1.29 bits per heavy atom. The van der Waals surface area contributed by atoms with E-state index in [0.29, 0.717) is 0 Å². The van der Waals surface area contributed by atoms with Crippen LogP contribution >= 0.6 is 34.8 Å². The Labute approximate surface area is 59.7 Å². The second-order valence-corrected chi connectivity index (χ2v) is 1.98. The zero-order valence-corrected chi connectivity index (χ0v) is 6.52. The molecule has 0 heterocycles. The summed E-state index contributed by atoms with van der Waals surface area (Å²) < 4.78 is 0. The maximum Gasteiger partial charge on any atom is 0.0967 e. The molecule has 0 radical (unpaired) electrons. The number of hydrogen-bond acceptors (Lipinski definition) is 0. The lowest BCUT2D eigenvalue weighted by Crippen LogP contribution is -1.55. The minimum Gasteiger partial charge on any atom is -0.127 e. The van der Waals surface area contributed by atoms with Gasteiger partial charge in [-0.1, -0.05) is 6.92 Å². The first-order valence-electron chi connectivity index (χ1n) is 2.01. The standard InChI is InChI=1S/C3H7Cl.CH2Cl2/c1-2-3-4;2-1-3/h2-3H2,1H3;1H2. The maximum absolute atomic E-state index is 5.19. The van der Waals surface area contributed by atoms with Crippen LogP contribution in [0.4, 0.5) is 0 Å². The van der Waals surface area contributed by atoms with E-state index in [1.165, 1.54) is 0 Å². The first kappa shape index (κ1) is 10.8. The van der Waals surface area contributed by atoms with Crippen LogP contribution in [0.3, 0.4) is 0 Å². The molecule has 0 rings (SSSR count). The Kier molecular flexibility index (Phi) is 24.3. The normalized spacial score (nSPS) is 6.86. The molecule has 0 aromatic carbocycles. The van der Waals surface area contributed by atoms with Gasteiger partial charge in [0.15, 0.2) is 0 Å². The van der Waals surface area contributed by atoms with Crippen LogP contribution in [0, 0.1) is 0 Å². The third-order valence-electron chi connectivity index (χ3n) is 0.189. The van der Waals surface area contributed by atoms with E-state index in [0.717, 1.165) is 12.3 Å². The van der Waals surface area contributed by atoms with Crippen molar-refractivity contribution in [3.8, 4) is 0 Å². The van der Waals surface area contributed by atoms with E-state index in [1.54, 1.807) is 0 Å². The molecule has 0 N–H and O–H groups in total. The van der Waals surface area contributed by atoms with Crippen molar-refractivity contribution in [3.05, 3.63) is 0 Å². The van der Waals surface area contributed by atoms with Crippen LogP contribution in [0.2, 0.25) is 0 Å². The van der Waals surface area contributed by atoms with E-state index in [9.17, 15) is 0 Å². The van der Waals surface area contributed by atoms with Gasteiger partial charge in [0.1, 0.15) is 0 Å². The van der Waals surface area contributed by atoms with Crippen molar-refractivity contribution in [1.82, 2.24) is 0 Å². The highest BCUT2D eigenvalue weighted by atomic mass is 35.5. The lowest BCUT2D eigenvalue weighted by atomic mass is 10.6. The number of halogens is 3. The molecule has 0 saturated carbocycles. The van der Waals surface area contributed by atoms with Crippen LogP contribution in [-0.4, -0.2) is 11.2 Å². The fourth-order valence-corrected chi connectivity index (χ4v) is 0. The summed E-state index contributed by atoms with van der Waals surface area (Å²) in [6.07, 6.45) is 1.08. The molecule has 0 aliphatic rings. The highest BCUT2D eigenvalue weighted by Crippen LogP contribution is 1.75. The monoisotopic (exact) mass is 162 g/mol. The van der Waals surface area contributed by atoms with Crippen molar-refractivity contribution in [2.24, 2.45) is 0 Å². The second kappa shape index (κ2) is 15.8. The summed E-state index contributed by atoms with van der Waals surface area (Å²) in [6, 6.07) is 0. The SMILES string of the molecule is CCCCl.ClCCl. The molecule has 0 aliphatic heterocycles. The van der Waals surface area contributed by atoms with Gasteiger partial charge in [-0.25, -0.2) is 0 Å². The average Bonchev–Trinajstić information content (AvgIpc) is 1.69. The molecular weight excluding hydrogens is 154 g/mol. The number of rotatable bonds is 1. The molecule has 0 aliphatic carbocycles. The maximum atomic E-state index is 5.19. The van der Waals surface area contributed by atoms with Crippen molar-refractivity contribution in [1.29, 1.82) is 0 Å². The smallest absolute Gasteiger partial charge is 0.0967 e. The summed E-state index contributed by atoms with van der Waals surface area (Å²) in [5.74, 6) is 0.792. The molecule has 0 saturated heterocycles. The summed E-state index contributed by atoms with van der Waals surface area (Å²) in [4.78, 5) is 0. The molecule has 0 nitrogen and oxygen atoms in total. The predicted octanol–water partition coefficient (Wildman–Crippen LogP) is 3.06. The van der Waals surface area contributed by atoms with Crippen molar-refractivity contribution in [2.75, 3.05) is 11.2 Å². The van der Waals surface area contributed by atoms with Crippen LogP contribution in [0.15, 0.2) is 0 Å². The molecule has 0 aromatic heterocycles. The highest BCUT2D eigenvalue weighted by Gasteiger charge is 1.59. The molecule has 7 heavy (non-hydrogen) atoms. The minimum atomic E-state index is 0.194. The largest absolute Gasteiger partial charge is 0.127 e. The molecule has 0 amide bonds. The lowest BCUT2D eigenvalue weighted by molar-refractivity contribution is 1.10. The summed E-state index contributed by atoms with van der Waals surface area (Å²) >= 11 is 14.7. The van der Waals surface area contributed by atoms with Gasteiger partial charge in [0, 0.05) is 5.88 Å². The Balaban J connectivity index is 0. The summed E-state index contributed by atoms with van der Waals surface area (Å²) in [6.45, 7) is 2.05. The summed E-state index contributed by atoms with van der Waals surface area (Å²) in [7, 11) is 0. The van der Waals surface area contributed by atoms with Crippen molar-refractivity contribution in [3.63, 3.8) is 0 Å². The fourth-order valence-electron chi connectivity index (χ4n) is 0. The van der Waals surface area contributed by atoms with E-state index in [4.69, 9.17) is 34.8 Å². The third kappa shape index (κ3) is 46.6. The second-order valence-electron chi connectivity index (χ2n) is 0.790. The first-order chi connectivity index (χ1) is 3.33. The van der Waals surface area contributed by atoms with Crippen LogP contribution in [0.25, 0.3) is 0 Å². The Hall–Kier alpha value is 0.870. The topological polar surface area (TPSA) is 0 Å². The van der Waals surface area contributed by atoms with E-state index >= 15 is 0 Å². The Morgan fingerprint density at radius 1 is 1.14 bits per heavy atom. The van der Waals surface area contributed by atoms with Gasteiger partial charge in [0.05, 0.1) is 5.34 Å². The molecule has 0 aromatic rings. The van der Waals surface area contributed by atoms with Crippen LogP contribution < -0.4 is 0 Å². The summed E-state index contributed by atoms with van der Waals surface area (Å²) in [5, 5.41) is 0.194. The first-order valence-corrected chi connectivity index (χ1v) is 3.61. The average molecular weight is 163 g/mol. The van der Waals surface area contributed by atoms with Crippen LogP contribution in [0.1, 0.15) is 13.3 Å². The molecular formula is C4H9Cl3. The van der Waals surface area contributed by atoms with Gasteiger partial charge < -0.3 is 0 Å². The van der Waals surface area contributed by atoms with Gasteiger partial charge in [-0.05, 0) is 6.42 Å². The highest BCUT2D eigenvalue weighted by molar-refractivity contribution is 6.40. The van der Waals surface area contributed by atoms with E-state index in [1.807, 2.05) is 6.92 Å². The number of alkyl halides is 3. The van der Waals surface area contributed by atoms with E-state index in [2.05, 4.69) is 0 Å². The van der Waals surface area contributed by atoms with Gasteiger partial charge in [0.2, 0.25) is 0 Å². The molecule has 46 valence electrons. The quantitative estimate of drug-likeness (QED) is 0.521. The van der Waals surface area contributed by atoms with E-state index in [-0.39, 0.29) is 5.34 Å². The zero-order chi connectivity index (χ0) is 6.12. The van der Waals surface area contributed by atoms with Gasteiger partial charge in [0.25, 0.3) is 0 Å². The molecule has 0 fully saturated rings. The zero-order valence-electron chi connectivity index (χ0n) is 4.26. The molecule has 3 heteroatoms. The van der Waals surface area contributed by atoms with Crippen molar-refractivity contribution in [2.45, 2.75) is 13.3 Å². The van der Waals surface area contributed by atoms with Crippen LogP contribution in [-0.2, 0) is 0 Å². The number of hydrogen-bond donors (Lipinski definition) is 0. The molecule has 0 spiro atoms. The minimum absolute atomic E-state index is 0.194. The van der Waals surface area contributed by atoms with Crippen LogP contribution in [0.5, 0.6) is 0 Å². The molecule has 0 atom stereocenters. The molecule has 0 unspecified atom stereocenters. The third-order valence-corrected chi connectivity index (χ3v) is 0.567. The van der Waals surface area contributed by atoms with Gasteiger partial charge >= 0.3 is 0 Å². The van der Waals surface area contributed by atoms with Crippen molar-refractivity contribution < 1.29 is 0 Å². The van der Waals surface area contributed by atoms with E-state index < -0.39 is 0 Å². The Bertz CT molecular complexity index is 14.4. The van der Waals surface area contributed by atoms with Gasteiger partial charge in [-0.15, -0.1) is 34.8 Å².